The predicted molar refractivity (Wildman–Crippen MR) is 107 cm³/mol. The number of rotatable bonds is 4. The Morgan fingerprint density at radius 2 is 1.39 bits per heavy atom. The van der Waals surface area contributed by atoms with Crippen LogP contribution in [0.5, 0.6) is 0 Å². The smallest absolute Gasteiger partial charge is 0.0168 e. The average Bonchev–Trinajstić information content (AvgIpc) is 2.63. The van der Waals surface area contributed by atoms with E-state index in [0.717, 1.165) is 0 Å². The first-order chi connectivity index (χ1) is 11.2. The van der Waals surface area contributed by atoms with Crippen LogP contribution in [-0.2, 0) is 0 Å². The van der Waals surface area contributed by atoms with Crippen molar-refractivity contribution in [2.75, 3.05) is 0 Å². The Kier molecular flexibility index (Phi) is 12.3. The molecule has 1 aliphatic carbocycles. The Morgan fingerprint density at radius 1 is 0.826 bits per heavy atom. The standard InChI is InChI=1S/C12H18.C8H8.C3H6/c1-4-10-7-8-11(5-2)12(6-3)9-10;1-2-8-6-4-3-5-7-8;1-3-2/h4-6,10-12H,1-3,7-9H2;2-7H,1H2;3H,1H2,2H3. The lowest BCUT2D eigenvalue weighted by atomic mass is 9.74. The fourth-order valence-electron chi connectivity index (χ4n) is 2.63. The highest BCUT2D eigenvalue weighted by Crippen LogP contribution is 2.35. The molecule has 3 atom stereocenters. The zero-order chi connectivity index (χ0) is 17.5. The second-order valence-electron chi connectivity index (χ2n) is 5.63. The molecule has 0 heteroatoms. The highest BCUT2D eigenvalue weighted by molar-refractivity contribution is 5.45. The minimum Gasteiger partial charge on any atom is -0.103 e. The number of hydrogen-bond acceptors (Lipinski definition) is 0. The van der Waals surface area contributed by atoms with Crippen molar-refractivity contribution in [2.45, 2.75) is 26.2 Å². The van der Waals surface area contributed by atoms with Crippen LogP contribution < -0.4 is 0 Å². The van der Waals surface area contributed by atoms with Gasteiger partial charge >= 0.3 is 0 Å². The summed E-state index contributed by atoms with van der Waals surface area (Å²) in [5.41, 5.74) is 1.17. The Hall–Kier alpha value is -2.08. The van der Waals surface area contributed by atoms with Gasteiger partial charge in [0.15, 0.2) is 0 Å². The molecule has 23 heavy (non-hydrogen) atoms. The summed E-state index contributed by atoms with van der Waals surface area (Å²) in [5, 5.41) is 0. The molecular weight excluding hydrogens is 276 g/mol. The van der Waals surface area contributed by atoms with Crippen molar-refractivity contribution in [1.82, 2.24) is 0 Å². The highest BCUT2D eigenvalue weighted by atomic mass is 14.3. The molecule has 1 aliphatic rings. The summed E-state index contributed by atoms with van der Waals surface area (Å²) in [6, 6.07) is 10.0. The van der Waals surface area contributed by atoms with Gasteiger partial charge in [-0.05, 0) is 49.5 Å². The van der Waals surface area contributed by atoms with Crippen molar-refractivity contribution in [3.63, 3.8) is 0 Å². The van der Waals surface area contributed by atoms with E-state index in [0.29, 0.717) is 17.8 Å². The van der Waals surface area contributed by atoms with E-state index in [1.807, 2.05) is 43.3 Å². The molecule has 0 N–H and O–H groups in total. The summed E-state index contributed by atoms with van der Waals surface area (Å²) in [7, 11) is 0. The number of allylic oxidation sites excluding steroid dienone is 4. The van der Waals surface area contributed by atoms with Gasteiger partial charge in [-0.3, -0.25) is 0 Å². The van der Waals surface area contributed by atoms with Crippen molar-refractivity contribution in [3.8, 4) is 0 Å². The van der Waals surface area contributed by atoms with E-state index in [9.17, 15) is 0 Å². The zero-order valence-electron chi connectivity index (χ0n) is 14.7. The van der Waals surface area contributed by atoms with Gasteiger partial charge in [0.1, 0.15) is 0 Å². The van der Waals surface area contributed by atoms with Gasteiger partial charge in [-0.25, -0.2) is 0 Å². The summed E-state index contributed by atoms with van der Waals surface area (Å²) in [4.78, 5) is 0. The van der Waals surface area contributed by atoms with E-state index in [-0.39, 0.29) is 0 Å². The Morgan fingerprint density at radius 3 is 1.78 bits per heavy atom. The van der Waals surface area contributed by atoms with Crippen LogP contribution in [0.2, 0.25) is 0 Å². The molecule has 0 aromatic heterocycles. The first-order valence-electron chi connectivity index (χ1n) is 8.28. The molecule has 3 unspecified atom stereocenters. The highest BCUT2D eigenvalue weighted by Gasteiger charge is 2.24. The summed E-state index contributed by atoms with van der Waals surface area (Å²) >= 11 is 0. The maximum Gasteiger partial charge on any atom is -0.0168 e. The van der Waals surface area contributed by atoms with Crippen molar-refractivity contribution in [3.05, 3.63) is 93.1 Å². The lowest BCUT2D eigenvalue weighted by Crippen LogP contribution is -2.20. The number of benzene rings is 1. The third kappa shape index (κ3) is 8.83. The predicted octanol–water partition coefficient (Wildman–Crippen LogP) is 7.10. The summed E-state index contributed by atoms with van der Waals surface area (Å²) in [6.07, 6.45) is 13.5. The Bertz CT molecular complexity index is 466. The van der Waals surface area contributed by atoms with Gasteiger partial charge in [-0.15, -0.1) is 26.3 Å². The van der Waals surface area contributed by atoms with E-state index >= 15 is 0 Å². The van der Waals surface area contributed by atoms with Gasteiger partial charge in [-0.2, -0.15) is 0 Å². The second-order valence-corrected chi connectivity index (χ2v) is 5.63. The van der Waals surface area contributed by atoms with Gasteiger partial charge in [0.2, 0.25) is 0 Å². The monoisotopic (exact) mass is 308 g/mol. The molecule has 1 aromatic rings. The van der Waals surface area contributed by atoms with Crippen molar-refractivity contribution >= 4 is 6.08 Å². The fraction of sp³-hybridized carbons (Fsp3) is 0.304. The van der Waals surface area contributed by atoms with Crippen LogP contribution >= 0.6 is 0 Å². The average molecular weight is 309 g/mol. The largest absolute Gasteiger partial charge is 0.103 e. The SMILES string of the molecule is C=CC.C=CC1CCC(C=C)C(C=C)C1.C=Cc1ccccc1. The van der Waals surface area contributed by atoms with Gasteiger partial charge < -0.3 is 0 Å². The number of hydrogen-bond donors (Lipinski definition) is 0. The van der Waals surface area contributed by atoms with Crippen molar-refractivity contribution < 1.29 is 0 Å². The Balaban J connectivity index is 0.000000379. The topological polar surface area (TPSA) is 0 Å². The summed E-state index contributed by atoms with van der Waals surface area (Å²) in [5.74, 6) is 1.97. The van der Waals surface area contributed by atoms with Crippen LogP contribution in [0, 0.1) is 17.8 Å². The minimum absolute atomic E-state index is 0.624. The van der Waals surface area contributed by atoms with Crippen LogP contribution in [0.3, 0.4) is 0 Å². The first kappa shape index (κ1) is 20.9. The van der Waals surface area contributed by atoms with Gasteiger partial charge in [-0.1, -0.05) is 67.3 Å². The first-order valence-corrected chi connectivity index (χ1v) is 8.28. The molecule has 0 bridgehead atoms. The van der Waals surface area contributed by atoms with Crippen LogP contribution in [0.4, 0.5) is 0 Å². The molecule has 0 nitrogen and oxygen atoms in total. The third-order valence-electron chi connectivity index (χ3n) is 3.97. The van der Waals surface area contributed by atoms with E-state index in [1.165, 1.54) is 24.8 Å². The quantitative estimate of drug-likeness (QED) is 0.520. The molecule has 1 saturated carbocycles. The van der Waals surface area contributed by atoms with E-state index in [2.05, 4.69) is 51.1 Å². The lowest BCUT2D eigenvalue weighted by molar-refractivity contribution is 0.288. The molecule has 0 amide bonds. The van der Waals surface area contributed by atoms with Gasteiger partial charge in [0, 0.05) is 0 Å². The minimum atomic E-state index is 0.624. The van der Waals surface area contributed by atoms with Crippen LogP contribution in [0.15, 0.2) is 87.5 Å². The molecule has 1 aromatic carbocycles. The van der Waals surface area contributed by atoms with E-state index in [4.69, 9.17) is 0 Å². The molecule has 2 rings (SSSR count). The molecule has 0 saturated heterocycles. The molecule has 0 heterocycles. The van der Waals surface area contributed by atoms with Crippen LogP contribution in [0.25, 0.3) is 6.08 Å². The molecular formula is C23H32. The second kappa shape index (κ2) is 13.6. The zero-order valence-corrected chi connectivity index (χ0v) is 14.7. The van der Waals surface area contributed by atoms with Gasteiger partial charge in [0.05, 0.1) is 0 Å². The maximum atomic E-state index is 3.87. The normalized spacial score (nSPS) is 22.0. The molecule has 124 valence electrons. The third-order valence-corrected chi connectivity index (χ3v) is 3.97. The molecule has 0 spiro atoms. The van der Waals surface area contributed by atoms with Crippen molar-refractivity contribution in [2.24, 2.45) is 17.8 Å². The van der Waals surface area contributed by atoms with Crippen molar-refractivity contribution in [1.29, 1.82) is 0 Å². The summed E-state index contributed by atoms with van der Waals surface area (Å²) in [6.45, 7) is 20.5. The summed E-state index contributed by atoms with van der Waals surface area (Å²) < 4.78 is 0. The van der Waals surface area contributed by atoms with Crippen LogP contribution in [0.1, 0.15) is 31.7 Å². The fourth-order valence-corrected chi connectivity index (χ4v) is 2.63. The van der Waals surface area contributed by atoms with Gasteiger partial charge in [0.25, 0.3) is 0 Å². The lowest BCUT2D eigenvalue weighted by Gasteiger charge is -2.31. The van der Waals surface area contributed by atoms with E-state index in [1.54, 1.807) is 6.08 Å². The molecule has 0 aliphatic heterocycles. The van der Waals surface area contributed by atoms with Crippen LogP contribution in [-0.4, -0.2) is 0 Å². The Labute approximate surface area is 143 Å². The molecule has 0 radical (unpaired) electrons. The molecule has 1 fully saturated rings. The van der Waals surface area contributed by atoms with E-state index < -0.39 is 0 Å². The maximum absolute atomic E-state index is 3.87.